The van der Waals surface area contributed by atoms with Gasteiger partial charge in [0, 0.05) is 5.56 Å². The van der Waals surface area contributed by atoms with E-state index in [1.807, 2.05) is 0 Å². The lowest BCUT2D eigenvalue weighted by atomic mass is 9.85. The first-order chi connectivity index (χ1) is 17.1. The number of halogens is 9. The minimum absolute atomic E-state index is 0.0865. The zero-order valence-electron chi connectivity index (χ0n) is 20.4. The predicted molar refractivity (Wildman–Crippen MR) is 118 cm³/mol. The van der Waals surface area contributed by atoms with E-state index in [9.17, 15) is 49.1 Å². The van der Waals surface area contributed by atoms with Crippen LogP contribution in [0.5, 0.6) is 0 Å². The maximum absolute atomic E-state index is 13.5. The SMILES string of the molecule is CC[C@H]1C(C(=O)c2cc(C(F)(F)F)cc(C(F)(F)F)c2)c2ccc(C(F)(F)F)cc2N1C(=O)OC(C)(C)C. The van der Waals surface area contributed by atoms with E-state index in [2.05, 4.69) is 0 Å². The summed E-state index contributed by atoms with van der Waals surface area (Å²) in [7, 11) is 0. The van der Waals surface area contributed by atoms with Gasteiger partial charge in [-0.2, -0.15) is 39.5 Å². The lowest BCUT2D eigenvalue weighted by Crippen LogP contribution is -2.43. The molecule has 0 aromatic heterocycles. The molecule has 13 heteroatoms. The van der Waals surface area contributed by atoms with Crippen molar-refractivity contribution in [1.29, 1.82) is 0 Å². The average molecular weight is 555 g/mol. The third kappa shape index (κ3) is 5.91. The second kappa shape index (κ2) is 9.49. The predicted octanol–water partition coefficient (Wildman–Crippen LogP) is 8.24. The highest BCUT2D eigenvalue weighted by molar-refractivity contribution is 6.07. The largest absolute Gasteiger partial charge is 0.443 e. The van der Waals surface area contributed by atoms with E-state index >= 15 is 0 Å². The summed E-state index contributed by atoms with van der Waals surface area (Å²) in [6.07, 6.45) is -16.5. The maximum Gasteiger partial charge on any atom is 0.416 e. The standard InChI is InChI=1S/C25H22F9NO3/c1-5-17-19(20(36)12-8-14(24(29,30)31)10-15(9-12)25(32,33)34)16-7-6-13(23(26,27)28)11-18(16)35(17)21(37)38-22(2,3)4/h6-11,17,19H,5H2,1-4H3/t17-,19?/m0/s1. The van der Waals surface area contributed by atoms with Crippen LogP contribution < -0.4 is 4.90 Å². The number of carbonyl (C=O) groups is 2. The van der Waals surface area contributed by atoms with E-state index in [-0.39, 0.29) is 35.9 Å². The quantitative estimate of drug-likeness (QED) is 0.283. The Morgan fingerprint density at radius 1 is 0.789 bits per heavy atom. The van der Waals surface area contributed by atoms with Gasteiger partial charge in [0.2, 0.25) is 0 Å². The molecule has 1 aliphatic rings. The van der Waals surface area contributed by atoms with E-state index in [4.69, 9.17) is 4.74 Å². The zero-order chi connectivity index (χ0) is 29.0. The Morgan fingerprint density at radius 3 is 1.71 bits per heavy atom. The second-order valence-corrected chi connectivity index (χ2v) is 9.73. The lowest BCUT2D eigenvalue weighted by Gasteiger charge is -2.30. The topological polar surface area (TPSA) is 46.6 Å². The van der Waals surface area contributed by atoms with Gasteiger partial charge in [-0.05, 0) is 63.1 Å². The van der Waals surface area contributed by atoms with Gasteiger partial charge in [-0.25, -0.2) is 4.79 Å². The van der Waals surface area contributed by atoms with Crippen LogP contribution in [0.25, 0.3) is 0 Å². The molecule has 0 saturated carbocycles. The lowest BCUT2D eigenvalue weighted by molar-refractivity contribution is -0.143. The van der Waals surface area contributed by atoms with E-state index in [1.165, 1.54) is 27.7 Å². The van der Waals surface area contributed by atoms with Crippen molar-refractivity contribution >= 4 is 17.6 Å². The fourth-order valence-corrected chi connectivity index (χ4v) is 4.28. The highest BCUT2D eigenvalue weighted by Gasteiger charge is 2.48. The van der Waals surface area contributed by atoms with Crippen LogP contribution in [0.15, 0.2) is 36.4 Å². The van der Waals surface area contributed by atoms with Crippen LogP contribution in [0, 0.1) is 0 Å². The van der Waals surface area contributed by atoms with Crippen molar-refractivity contribution in [2.75, 3.05) is 4.90 Å². The first-order valence-electron chi connectivity index (χ1n) is 11.2. The monoisotopic (exact) mass is 555 g/mol. The van der Waals surface area contributed by atoms with E-state index < -0.39 is 70.2 Å². The van der Waals surface area contributed by atoms with Crippen LogP contribution in [0.4, 0.5) is 50.0 Å². The van der Waals surface area contributed by atoms with Crippen LogP contribution in [0.3, 0.4) is 0 Å². The number of anilines is 1. The molecular formula is C25H22F9NO3. The number of nitrogens with zero attached hydrogens (tertiary/aromatic N) is 1. The van der Waals surface area contributed by atoms with Gasteiger partial charge in [-0.3, -0.25) is 9.69 Å². The first-order valence-corrected chi connectivity index (χ1v) is 11.2. The number of benzene rings is 2. The van der Waals surface area contributed by atoms with Gasteiger partial charge in [-0.1, -0.05) is 13.0 Å². The molecule has 2 aromatic carbocycles. The fourth-order valence-electron chi connectivity index (χ4n) is 4.28. The molecule has 2 aromatic rings. The summed E-state index contributed by atoms with van der Waals surface area (Å²) in [5, 5.41) is 0. The third-order valence-corrected chi connectivity index (χ3v) is 5.83. The van der Waals surface area contributed by atoms with Crippen LogP contribution in [0.2, 0.25) is 0 Å². The Hall–Kier alpha value is -3.25. The van der Waals surface area contributed by atoms with E-state index in [0.717, 1.165) is 11.0 Å². The molecule has 0 bridgehead atoms. The number of amides is 1. The Bertz CT molecular complexity index is 1210. The molecule has 38 heavy (non-hydrogen) atoms. The summed E-state index contributed by atoms with van der Waals surface area (Å²) in [5.74, 6) is -2.78. The molecule has 208 valence electrons. The summed E-state index contributed by atoms with van der Waals surface area (Å²) in [4.78, 5) is 27.4. The number of hydrogen-bond donors (Lipinski definition) is 0. The molecule has 1 aliphatic heterocycles. The maximum atomic E-state index is 13.5. The molecule has 0 aliphatic carbocycles. The van der Waals surface area contributed by atoms with Crippen LogP contribution in [0.1, 0.15) is 72.6 Å². The number of alkyl halides is 9. The molecule has 3 rings (SSSR count). The summed E-state index contributed by atoms with van der Waals surface area (Å²) in [6.45, 7) is 5.92. The number of Topliss-reactive ketones (excluding diaryl/α,β-unsaturated/α-hetero) is 1. The zero-order valence-corrected chi connectivity index (χ0v) is 20.4. The van der Waals surface area contributed by atoms with Crippen molar-refractivity contribution in [3.63, 3.8) is 0 Å². The summed E-state index contributed by atoms with van der Waals surface area (Å²) in [5.41, 5.74) is -7.22. The highest BCUT2D eigenvalue weighted by atomic mass is 19.4. The molecule has 4 nitrogen and oxygen atoms in total. The van der Waals surface area contributed by atoms with Crippen molar-refractivity contribution in [2.45, 2.75) is 70.2 Å². The summed E-state index contributed by atoms with van der Waals surface area (Å²) < 4.78 is 126. The number of hydrogen-bond acceptors (Lipinski definition) is 3. The third-order valence-electron chi connectivity index (χ3n) is 5.83. The Morgan fingerprint density at radius 2 is 1.29 bits per heavy atom. The van der Waals surface area contributed by atoms with Crippen molar-refractivity contribution in [2.24, 2.45) is 0 Å². The molecule has 0 fully saturated rings. The highest BCUT2D eigenvalue weighted by Crippen LogP contribution is 2.47. The van der Waals surface area contributed by atoms with Gasteiger partial charge in [0.05, 0.1) is 34.3 Å². The van der Waals surface area contributed by atoms with Gasteiger partial charge in [0.25, 0.3) is 0 Å². The van der Waals surface area contributed by atoms with Crippen LogP contribution in [-0.2, 0) is 23.3 Å². The second-order valence-electron chi connectivity index (χ2n) is 9.73. The Balaban J connectivity index is 2.23. The fraction of sp³-hybridized carbons (Fsp3) is 0.440. The molecule has 2 atom stereocenters. The number of ether oxygens (including phenoxy) is 1. The minimum Gasteiger partial charge on any atom is -0.443 e. The molecule has 0 spiro atoms. The van der Waals surface area contributed by atoms with E-state index in [0.29, 0.717) is 12.1 Å². The van der Waals surface area contributed by atoms with Crippen molar-refractivity contribution in [3.05, 3.63) is 64.2 Å². The van der Waals surface area contributed by atoms with Crippen molar-refractivity contribution in [3.8, 4) is 0 Å². The molecule has 0 N–H and O–H groups in total. The smallest absolute Gasteiger partial charge is 0.416 e. The number of ketones is 1. The van der Waals surface area contributed by atoms with Crippen LogP contribution in [-0.4, -0.2) is 23.5 Å². The molecular weight excluding hydrogens is 533 g/mol. The van der Waals surface area contributed by atoms with Gasteiger partial charge in [-0.15, -0.1) is 0 Å². The summed E-state index contributed by atoms with van der Waals surface area (Å²) in [6, 6.07) is 1.24. The number of fused-ring (bicyclic) bond motifs is 1. The normalized spacial score (nSPS) is 18.4. The van der Waals surface area contributed by atoms with Crippen molar-refractivity contribution < 1.29 is 53.8 Å². The molecule has 1 amide bonds. The first kappa shape index (κ1) is 29.3. The average Bonchev–Trinajstić information content (AvgIpc) is 3.09. The number of carbonyl (C=O) groups excluding carboxylic acids is 2. The van der Waals surface area contributed by atoms with Crippen LogP contribution >= 0.6 is 0 Å². The Kier molecular flexibility index (Phi) is 7.32. The molecule has 1 unspecified atom stereocenters. The van der Waals surface area contributed by atoms with Gasteiger partial charge >= 0.3 is 24.6 Å². The molecule has 0 radical (unpaired) electrons. The number of rotatable bonds is 3. The van der Waals surface area contributed by atoms with Gasteiger partial charge < -0.3 is 4.74 Å². The molecule has 1 heterocycles. The molecule has 0 saturated heterocycles. The summed E-state index contributed by atoms with van der Waals surface area (Å²) >= 11 is 0. The minimum atomic E-state index is -5.22. The van der Waals surface area contributed by atoms with Gasteiger partial charge in [0.15, 0.2) is 5.78 Å². The van der Waals surface area contributed by atoms with Gasteiger partial charge in [0.1, 0.15) is 5.60 Å². The Labute approximate surface area is 211 Å². The van der Waals surface area contributed by atoms with E-state index in [1.54, 1.807) is 0 Å². The van der Waals surface area contributed by atoms with Crippen molar-refractivity contribution in [1.82, 2.24) is 0 Å².